The van der Waals surface area contributed by atoms with Crippen molar-refractivity contribution in [1.29, 1.82) is 0 Å². The molecule has 0 radical (unpaired) electrons. The number of hydrogen-bond donors (Lipinski definition) is 1. The van der Waals surface area contributed by atoms with Crippen molar-refractivity contribution in [1.82, 2.24) is 14.9 Å². The normalized spacial score (nSPS) is 17.8. The first kappa shape index (κ1) is 22.6. The molecule has 1 saturated heterocycles. The quantitative estimate of drug-likeness (QED) is 0.311. The summed E-state index contributed by atoms with van der Waals surface area (Å²) in [5, 5.41) is 4.94. The van der Waals surface area contributed by atoms with Crippen molar-refractivity contribution >= 4 is 34.6 Å². The van der Waals surface area contributed by atoms with Gasteiger partial charge in [0, 0.05) is 34.0 Å². The van der Waals surface area contributed by atoms with E-state index in [1.807, 2.05) is 42.6 Å². The minimum atomic E-state index is -0.0836. The summed E-state index contributed by atoms with van der Waals surface area (Å²) in [6.45, 7) is 6.57. The van der Waals surface area contributed by atoms with Crippen LogP contribution in [0.1, 0.15) is 47.2 Å². The molecule has 2 atom stereocenters. The van der Waals surface area contributed by atoms with Gasteiger partial charge in [0.2, 0.25) is 0 Å². The van der Waals surface area contributed by atoms with Gasteiger partial charge in [-0.15, -0.1) is 0 Å². The zero-order valence-corrected chi connectivity index (χ0v) is 21.1. The van der Waals surface area contributed by atoms with Crippen molar-refractivity contribution in [3.8, 4) is 5.69 Å². The molecule has 1 N–H and O–H groups in total. The van der Waals surface area contributed by atoms with Gasteiger partial charge in [-0.05, 0) is 92.1 Å². The molecule has 34 heavy (non-hydrogen) atoms. The smallest absolute Gasteiger partial charge is 0.174 e. The summed E-state index contributed by atoms with van der Waals surface area (Å²) in [4.78, 5) is 6.88. The Balaban J connectivity index is 1.69. The lowest BCUT2D eigenvalue weighted by Gasteiger charge is -2.28. The van der Waals surface area contributed by atoms with Crippen LogP contribution >= 0.6 is 23.8 Å². The van der Waals surface area contributed by atoms with Crippen molar-refractivity contribution in [3.05, 3.63) is 112 Å². The first-order chi connectivity index (χ1) is 16.5. The van der Waals surface area contributed by atoms with Gasteiger partial charge in [0.1, 0.15) is 0 Å². The molecule has 2 aromatic carbocycles. The summed E-state index contributed by atoms with van der Waals surface area (Å²) in [5.74, 6) is 0. The number of aryl methyl sites for hydroxylation is 2. The van der Waals surface area contributed by atoms with Gasteiger partial charge in [-0.25, -0.2) is 0 Å². The second-order valence-electron chi connectivity index (χ2n) is 8.62. The van der Waals surface area contributed by atoms with E-state index in [1.54, 1.807) is 0 Å². The molecule has 0 amide bonds. The molecule has 172 valence electrons. The third-order valence-corrected chi connectivity index (χ3v) is 7.17. The van der Waals surface area contributed by atoms with Gasteiger partial charge >= 0.3 is 0 Å². The molecule has 1 fully saturated rings. The molecule has 0 bridgehead atoms. The zero-order chi connectivity index (χ0) is 23.8. The van der Waals surface area contributed by atoms with Crippen molar-refractivity contribution in [2.45, 2.75) is 39.3 Å². The van der Waals surface area contributed by atoms with Gasteiger partial charge < -0.3 is 14.8 Å². The van der Waals surface area contributed by atoms with Gasteiger partial charge in [0.15, 0.2) is 5.11 Å². The van der Waals surface area contributed by atoms with E-state index in [4.69, 9.17) is 23.8 Å². The highest BCUT2D eigenvalue weighted by atomic mass is 35.5. The van der Waals surface area contributed by atoms with E-state index in [-0.39, 0.29) is 12.1 Å². The second kappa shape index (κ2) is 9.24. The predicted octanol–water partition coefficient (Wildman–Crippen LogP) is 6.88. The number of halogens is 1. The molecule has 4 nitrogen and oxygen atoms in total. The number of nitrogens with zero attached hydrogens (tertiary/aromatic N) is 3. The van der Waals surface area contributed by atoms with E-state index in [2.05, 4.69) is 76.9 Å². The summed E-state index contributed by atoms with van der Waals surface area (Å²) in [5.41, 5.74) is 8.14. The lowest BCUT2D eigenvalue weighted by molar-refractivity contribution is 0.565. The highest BCUT2D eigenvalue weighted by Crippen LogP contribution is 2.44. The Morgan fingerprint density at radius 2 is 1.74 bits per heavy atom. The van der Waals surface area contributed by atoms with E-state index < -0.39 is 0 Å². The lowest BCUT2D eigenvalue weighted by atomic mass is 9.96. The monoisotopic (exact) mass is 486 g/mol. The Labute approximate surface area is 211 Å². The number of benzene rings is 2. The van der Waals surface area contributed by atoms with Crippen molar-refractivity contribution in [2.75, 3.05) is 4.90 Å². The van der Waals surface area contributed by atoms with E-state index in [0.717, 1.165) is 17.8 Å². The highest BCUT2D eigenvalue weighted by Gasteiger charge is 2.42. The predicted molar refractivity (Wildman–Crippen MR) is 144 cm³/mol. The van der Waals surface area contributed by atoms with Crippen LogP contribution in [0.15, 0.2) is 79.0 Å². The molecule has 2 aromatic heterocycles. The fraction of sp³-hybridized carbons (Fsp3) is 0.214. The number of hydrogen-bond acceptors (Lipinski definition) is 2. The van der Waals surface area contributed by atoms with Crippen LogP contribution in [0.3, 0.4) is 0 Å². The molecular weight excluding hydrogens is 460 g/mol. The number of pyridine rings is 1. The maximum atomic E-state index is 6.20. The van der Waals surface area contributed by atoms with Gasteiger partial charge in [0.25, 0.3) is 0 Å². The Kier molecular flexibility index (Phi) is 6.15. The molecule has 0 unspecified atom stereocenters. The number of para-hydroxylation sites is 1. The molecular formula is C28H27ClN4S. The van der Waals surface area contributed by atoms with Crippen LogP contribution in [0, 0.1) is 13.8 Å². The average molecular weight is 487 g/mol. The number of anilines is 1. The molecule has 0 aliphatic carbocycles. The highest BCUT2D eigenvalue weighted by molar-refractivity contribution is 7.80. The zero-order valence-electron chi connectivity index (χ0n) is 19.5. The largest absolute Gasteiger partial charge is 0.351 e. The molecule has 3 heterocycles. The van der Waals surface area contributed by atoms with E-state index >= 15 is 0 Å². The van der Waals surface area contributed by atoms with E-state index in [9.17, 15) is 0 Å². The maximum Gasteiger partial charge on any atom is 0.174 e. The van der Waals surface area contributed by atoms with Gasteiger partial charge in [-0.1, -0.05) is 42.8 Å². The van der Waals surface area contributed by atoms with Crippen LogP contribution in [-0.4, -0.2) is 14.7 Å². The minimum Gasteiger partial charge on any atom is -0.351 e. The summed E-state index contributed by atoms with van der Waals surface area (Å²) < 4.78 is 2.37. The summed E-state index contributed by atoms with van der Waals surface area (Å²) >= 11 is 12.1. The van der Waals surface area contributed by atoms with Crippen LogP contribution in [0.5, 0.6) is 0 Å². The number of rotatable bonds is 5. The minimum absolute atomic E-state index is 0.0580. The molecule has 4 aromatic rings. The third kappa shape index (κ3) is 3.89. The van der Waals surface area contributed by atoms with Crippen molar-refractivity contribution in [3.63, 3.8) is 0 Å². The van der Waals surface area contributed by atoms with Crippen LogP contribution in [0.4, 0.5) is 5.69 Å². The fourth-order valence-corrected chi connectivity index (χ4v) is 5.51. The van der Waals surface area contributed by atoms with E-state index in [1.165, 1.54) is 28.2 Å². The molecule has 5 rings (SSSR count). The molecule has 0 spiro atoms. The Bertz CT molecular complexity index is 1330. The second-order valence-corrected chi connectivity index (χ2v) is 9.44. The van der Waals surface area contributed by atoms with Crippen LogP contribution in [-0.2, 0) is 6.42 Å². The van der Waals surface area contributed by atoms with Crippen LogP contribution in [0.2, 0.25) is 5.02 Å². The first-order valence-electron chi connectivity index (χ1n) is 11.5. The lowest BCUT2D eigenvalue weighted by Crippen LogP contribution is -2.29. The van der Waals surface area contributed by atoms with Crippen molar-refractivity contribution in [2.24, 2.45) is 0 Å². The molecule has 1 aliphatic rings. The van der Waals surface area contributed by atoms with Crippen LogP contribution in [0.25, 0.3) is 5.69 Å². The van der Waals surface area contributed by atoms with Crippen molar-refractivity contribution < 1.29 is 0 Å². The fourth-order valence-electron chi connectivity index (χ4n) is 5.04. The van der Waals surface area contributed by atoms with Gasteiger partial charge in [-0.2, -0.15) is 0 Å². The van der Waals surface area contributed by atoms with E-state index in [0.29, 0.717) is 10.1 Å². The average Bonchev–Trinajstić information content (AvgIpc) is 3.35. The van der Waals surface area contributed by atoms with Gasteiger partial charge in [-0.3, -0.25) is 4.98 Å². The Hall–Kier alpha value is -3.15. The van der Waals surface area contributed by atoms with Crippen LogP contribution < -0.4 is 10.2 Å². The maximum absolute atomic E-state index is 6.20. The number of nitrogens with one attached hydrogen (secondary N) is 1. The first-order valence-corrected chi connectivity index (χ1v) is 12.3. The molecule has 0 saturated carbocycles. The summed E-state index contributed by atoms with van der Waals surface area (Å²) in [6, 6.07) is 24.7. The summed E-state index contributed by atoms with van der Waals surface area (Å²) in [7, 11) is 0. The number of aromatic nitrogens is 2. The van der Waals surface area contributed by atoms with Gasteiger partial charge in [0.05, 0.1) is 17.8 Å². The number of thiocarbonyl (C=S) groups is 1. The SMILES string of the molecule is CCc1ccccc1-n1c(C)cc([C@H]2[C@H](c3ccccn3)NC(=S)N2c2ccc(Cl)cc2)c1C. The standard InChI is InChI=1S/C28H27ClN4S/c1-4-20-9-5-6-11-25(20)32-18(2)17-23(19(32)3)27-26(24-10-7-8-16-30-24)31-28(34)33(27)22-14-12-21(29)13-15-22/h5-17,26-27H,4H2,1-3H3,(H,31,34)/t26-,27-/m0/s1. The molecule has 1 aliphatic heterocycles. The molecule has 6 heteroatoms. The topological polar surface area (TPSA) is 33.1 Å². The Morgan fingerprint density at radius 3 is 2.44 bits per heavy atom. The summed E-state index contributed by atoms with van der Waals surface area (Å²) in [6.07, 6.45) is 2.81. The Morgan fingerprint density at radius 1 is 1.00 bits per heavy atom. The third-order valence-electron chi connectivity index (χ3n) is 6.61.